The molecule has 3 heterocycles. The molecule has 1 amide bonds. The fourth-order valence-corrected chi connectivity index (χ4v) is 4.82. The molecular formula is C25H29N7O3. The highest BCUT2D eigenvalue weighted by molar-refractivity contribution is 6.14. The number of fused-ring (bicyclic) bond motifs is 2. The molecule has 4 aromatic rings. The molecule has 2 atom stereocenters. The predicted octanol–water partition coefficient (Wildman–Crippen LogP) is 2.97. The van der Waals surface area contributed by atoms with Crippen molar-refractivity contribution in [3.05, 3.63) is 42.2 Å². The van der Waals surface area contributed by atoms with Gasteiger partial charge in [0.2, 0.25) is 0 Å². The summed E-state index contributed by atoms with van der Waals surface area (Å²) < 4.78 is 12.5. The minimum Gasteiger partial charge on any atom is -0.494 e. The quantitative estimate of drug-likeness (QED) is 0.454. The maximum Gasteiger partial charge on any atom is 0.316 e. The zero-order chi connectivity index (χ0) is 24.7. The average Bonchev–Trinajstić information content (AvgIpc) is 3.21. The summed E-state index contributed by atoms with van der Waals surface area (Å²) in [4.78, 5) is 24.7. The molecule has 0 spiro atoms. The van der Waals surface area contributed by atoms with Crippen LogP contribution in [0.15, 0.2) is 36.7 Å². The Morgan fingerprint density at radius 3 is 2.60 bits per heavy atom. The molecule has 1 aliphatic rings. The highest BCUT2D eigenvalue weighted by Crippen LogP contribution is 2.32. The number of nitrogens with one attached hydrogen (secondary N) is 2. The van der Waals surface area contributed by atoms with Crippen LogP contribution in [0.4, 0.5) is 11.4 Å². The van der Waals surface area contributed by atoms with Crippen LogP contribution in [0.1, 0.15) is 24.2 Å². The van der Waals surface area contributed by atoms with Gasteiger partial charge in [-0.25, -0.2) is 4.98 Å². The van der Waals surface area contributed by atoms with Gasteiger partial charge in [0.1, 0.15) is 11.3 Å². The molecule has 2 N–H and O–H groups in total. The number of anilines is 2. The average molecular weight is 476 g/mol. The first-order valence-electron chi connectivity index (χ1n) is 11.5. The molecule has 0 aliphatic carbocycles. The topological polar surface area (TPSA) is 106 Å². The van der Waals surface area contributed by atoms with E-state index in [1.165, 1.54) is 7.11 Å². The fraction of sp³-hybridized carbons (Fsp3) is 0.360. The Kier molecular flexibility index (Phi) is 5.89. The Morgan fingerprint density at radius 1 is 1.11 bits per heavy atom. The van der Waals surface area contributed by atoms with Gasteiger partial charge in [-0.05, 0) is 32.0 Å². The van der Waals surface area contributed by atoms with Gasteiger partial charge >= 0.3 is 6.01 Å². The van der Waals surface area contributed by atoms with Gasteiger partial charge in [-0.1, -0.05) is 0 Å². The number of amides is 1. The minimum absolute atomic E-state index is 0.212. The van der Waals surface area contributed by atoms with E-state index in [2.05, 4.69) is 44.4 Å². The van der Waals surface area contributed by atoms with E-state index in [4.69, 9.17) is 9.47 Å². The smallest absolute Gasteiger partial charge is 0.316 e. The van der Waals surface area contributed by atoms with Crippen molar-refractivity contribution < 1.29 is 14.3 Å². The summed E-state index contributed by atoms with van der Waals surface area (Å²) in [5.41, 5.74) is 3.32. The molecular weight excluding hydrogens is 446 g/mol. The lowest BCUT2D eigenvalue weighted by Crippen LogP contribution is -2.54. The number of methoxy groups -OCH3 is 2. The lowest BCUT2D eigenvalue weighted by molar-refractivity contribution is 0.102. The van der Waals surface area contributed by atoms with E-state index in [-0.39, 0.29) is 11.9 Å². The molecule has 0 saturated carbocycles. The number of aromatic nitrogens is 4. The fourth-order valence-electron chi connectivity index (χ4n) is 4.82. The van der Waals surface area contributed by atoms with E-state index in [0.717, 1.165) is 35.1 Å². The van der Waals surface area contributed by atoms with Gasteiger partial charge < -0.3 is 25.0 Å². The first-order valence-corrected chi connectivity index (χ1v) is 11.5. The number of aryl methyl sites for hydroxylation is 1. The zero-order valence-electron chi connectivity index (χ0n) is 20.5. The van der Waals surface area contributed by atoms with Gasteiger partial charge in [0, 0.05) is 72.8 Å². The van der Waals surface area contributed by atoms with Crippen LogP contribution in [-0.4, -0.2) is 65.0 Å². The van der Waals surface area contributed by atoms with Gasteiger partial charge in [-0.15, -0.1) is 0 Å². The molecule has 1 aliphatic heterocycles. The van der Waals surface area contributed by atoms with E-state index < -0.39 is 0 Å². The number of rotatable bonds is 5. The maximum absolute atomic E-state index is 13.5. The maximum atomic E-state index is 13.5. The summed E-state index contributed by atoms with van der Waals surface area (Å²) in [7, 11) is 4.94. The second-order valence-corrected chi connectivity index (χ2v) is 9.00. The van der Waals surface area contributed by atoms with Crippen molar-refractivity contribution in [1.82, 2.24) is 25.1 Å². The second kappa shape index (κ2) is 9.03. The lowest BCUT2D eigenvalue weighted by Gasteiger charge is -2.38. The number of hydrogen-bond acceptors (Lipinski definition) is 8. The second-order valence-electron chi connectivity index (χ2n) is 9.00. The first kappa shape index (κ1) is 22.9. The molecule has 5 rings (SSSR count). The van der Waals surface area contributed by atoms with Crippen LogP contribution in [0.2, 0.25) is 0 Å². The Hall–Kier alpha value is -3.92. The van der Waals surface area contributed by atoms with Crippen LogP contribution in [-0.2, 0) is 7.05 Å². The van der Waals surface area contributed by atoms with Gasteiger partial charge in [0.05, 0.1) is 25.3 Å². The number of carbonyl (C=O) groups is 1. The third-order valence-electron chi connectivity index (χ3n) is 6.20. The first-order chi connectivity index (χ1) is 16.9. The van der Waals surface area contributed by atoms with Crippen LogP contribution in [0.25, 0.3) is 21.8 Å². The third-order valence-corrected chi connectivity index (χ3v) is 6.20. The van der Waals surface area contributed by atoms with Crippen LogP contribution >= 0.6 is 0 Å². The zero-order valence-corrected chi connectivity index (χ0v) is 20.5. The molecule has 10 nitrogen and oxygen atoms in total. The summed E-state index contributed by atoms with van der Waals surface area (Å²) in [6.45, 7) is 6.03. The van der Waals surface area contributed by atoms with Crippen molar-refractivity contribution in [2.24, 2.45) is 7.05 Å². The third kappa shape index (κ3) is 4.32. The van der Waals surface area contributed by atoms with Gasteiger partial charge in [-0.2, -0.15) is 10.1 Å². The van der Waals surface area contributed by atoms with E-state index in [1.54, 1.807) is 24.1 Å². The summed E-state index contributed by atoms with van der Waals surface area (Å²) >= 11 is 0. The number of ether oxygens (including phenoxy) is 2. The number of carbonyl (C=O) groups excluding carboxylic acids is 1. The molecule has 1 saturated heterocycles. The standard InChI is InChI=1S/C25H29N7O3/c1-14-11-32(12-15(2)27-14)20-7-6-18(23-19(20)10-26-25(29-23)35-5)24(33)28-17-8-16-13-31(3)30-22(16)21(9-17)34-4/h6-10,13-15,27H,11-12H2,1-5H3,(H,28,33)/t14-,15+. The van der Waals surface area contributed by atoms with Crippen molar-refractivity contribution in [3.8, 4) is 11.8 Å². The summed E-state index contributed by atoms with van der Waals surface area (Å²) in [5, 5.41) is 12.6. The van der Waals surface area contributed by atoms with E-state index in [9.17, 15) is 4.79 Å². The van der Waals surface area contributed by atoms with Crippen LogP contribution in [0, 0.1) is 0 Å². The highest BCUT2D eigenvalue weighted by Gasteiger charge is 2.25. The Balaban J connectivity index is 1.55. The molecule has 2 aromatic heterocycles. The largest absolute Gasteiger partial charge is 0.494 e. The lowest BCUT2D eigenvalue weighted by atomic mass is 10.0. The van der Waals surface area contributed by atoms with Gasteiger partial charge in [-0.3, -0.25) is 9.48 Å². The highest BCUT2D eigenvalue weighted by atomic mass is 16.5. The summed E-state index contributed by atoms with van der Waals surface area (Å²) in [6, 6.07) is 8.33. The molecule has 10 heteroatoms. The number of nitrogens with zero attached hydrogens (tertiary/aromatic N) is 5. The molecule has 2 aromatic carbocycles. The number of hydrogen-bond donors (Lipinski definition) is 2. The molecule has 182 valence electrons. The van der Waals surface area contributed by atoms with E-state index in [1.807, 2.05) is 31.4 Å². The van der Waals surface area contributed by atoms with E-state index in [0.29, 0.717) is 34.6 Å². The molecule has 0 unspecified atom stereocenters. The van der Waals surface area contributed by atoms with Crippen LogP contribution < -0.4 is 25.0 Å². The van der Waals surface area contributed by atoms with Crippen molar-refractivity contribution in [3.63, 3.8) is 0 Å². The van der Waals surface area contributed by atoms with Gasteiger partial charge in [0.15, 0.2) is 0 Å². The monoisotopic (exact) mass is 475 g/mol. The Labute approximate surface area is 203 Å². The van der Waals surface area contributed by atoms with E-state index >= 15 is 0 Å². The molecule has 35 heavy (non-hydrogen) atoms. The van der Waals surface area contributed by atoms with Crippen molar-refractivity contribution in [2.75, 3.05) is 37.5 Å². The number of piperazine rings is 1. The van der Waals surface area contributed by atoms with Crippen LogP contribution in [0.5, 0.6) is 11.8 Å². The van der Waals surface area contributed by atoms with Crippen molar-refractivity contribution in [2.45, 2.75) is 25.9 Å². The Morgan fingerprint density at radius 2 is 1.89 bits per heavy atom. The predicted molar refractivity (Wildman–Crippen MR) is 136 cm³/mol. The molecule has 0 bridgehead atoms. The Bertz CT molecular complexity index is 1410. The molecule has 0 radical (unpaired) electrons. The SMILES string of the molecule is COc1ncc2c(N3C[C@@H](C)N[C@@H](C)C3)ccc(C(=O)Nc3cc(OC)c4nn(C)cc4c3)c2n1. The van der Waals surface area contributed by atoms with Gasteiger partial charge in [0.25, 0.3) is 5.91 Å². The van der Waals surface area contributed by atoms with Crippen molar-refractivity contribution >= 4 is 39.1 Å². The normalized spacial score (nSPS) is 18.1. The van der Waals surface area contributed by atoms with Crippen LogP contribution in [0.3, 0.4) is 0 Å². The molecule has 1 fully saturated rings. The summed E-state index contributed by atoms with van der Waals surface area (Å²) in [5.74, 6) is 0.305. The summed E-state index contributed by atoms with van der Waals surface area (Å²) in [6.07, 6.45) is 3.61. The minimum atomic E-state index is -0.283. The number of benzene rings is 2. The van der Waals surface area contributed by atoms with Crippen molar-refractivity contribution in [1.29, 1.82) is 0 Å².